The normalized spacial score (nSPS) is 10.9. The molecule has 1 N–H and O–H groups in total. The highest BCUT2D eigenvalue weighted by atomic mass is 16.5. The van der Waals surface area contributed by atoms with Gasteiger partial charge in [-0.3, -0.25) is 14.6 Å². The number of carbonyl (C=O) groups excluding carboxylic acids is 1. The van der Waals surface area contributed by atoms with Gasteiger partial charge in [-0.05, 0) is 24.6 Å². The van der Waals surface area contributed by atoms with Crippen molar-refractivity contribution in [2.45, 2.75) is 13.5 Å². The molecular weight excluding hydrogens is 308 g/mol. The van der Waals surface area contributed by atoms with E-state index in [1.54, 1.807) is 18.3 Å². The third kappa shape index (κ3) is 2.30. The maximum Gasteiger partial charge on any atom is 0.341 e. The first-order valence-electron chi connectivity index (χ1n) is 7.28. The predicted molar refractivity (Wildman–Crippen MR) is 89.1 cm³/mol. The molecule has 0 aliphatic rings. The van der Waals surface area contributed by atoms with Gasteiger partial charge >= 0.3 is 5.97 Å². The molecule has 3 heterocycles. The van der Waals surface area contributed by atoms with Gasteiger partial charge in [0.1, 0.15) is 22.3 Å². The smallest absolute Gasteiger partial charge is 0.341 e. The van der Waals surface area contributed by atoms with E-state index in [0.717, 1.165) is 5.56 Å². The molecule has 3 aromatic rings. The van der Waals surface area contributed by atoms with Crippen LogP contribution in [0.3, 0.4) is 0 Å². The fourth-order valence-corrected chi connectivity index (χ4v) is 2.62. The van der Waals surface area contributed by atoms with Crippen LogP contribution in [-0.4, -0.2) is 27.0 Å². The van der Waals surface area contributed by atoms with Crippen LogP contribution in [0.2, 0.25) is 0 Å². The van der Waals surface area contributed by atoms with E-state index in [9.17, 15) is 9.59 Å². The Morgan fingerprint density at radius 3 is 2.88 bits per heavy atom. The van der Waals surface area contributed by atoms with Crippen LogP contribution >= 0.6 is 0 Å². The number of ether oxygens (including phenoxy) is 1. The van der Waals surface area contributed by atoms with Crippen LogP contribution < -0.4 is 11.0 Å². The summed E-state index contributed by atoms with van der Waals surface area (Å²) in [7, 11) is 1.23. The lowest BCUT2D eigenvalue weighted by Gasteiger charge is -2.12. The maximum absolute atomic E-state index is 12.8. The lowest BCUT2D eigenvalue weighted by Crippen LogP contribution is -2.30. The fraction of sp³-hybridized carbons (Fsp3) is 0.176. The van der Waals surface area contributed by atoms with E-state index in [0.29, 0.717) is 11.3 Å². The summed E-state index contributed by atoms with van der Waals surface area (Å²) in [6.07, 6.45) is 3.27. The molecule has 0 aliphatic heterocycles. The number of nitrogens with one attached hydrogen (secondary N) is 1. The molecule has 24 heavy (non-hydrogen) atoms. The van der Waals surface area contributed by atoms with E-state index in [1.807, 2.05) is 13.0 Å². The van der Waals surface area contributed by atoms with E-state index < -0.39 is 5.97 Å². The summed E-state index contributed by atoms with van der Waals surface area (Å²) in [5, 5.41) is 8.49. The van der Waals surface area contributed by atoms with Crippen molar-refractivity contribution >= 4 is 22.6 Å². The molecule has 3 aromatic heterocycles. The number of carbonyl (C=O) groups is 1. The van der Waals surface area contributed by atoms with Gasteiger partial charge in [-0.25, -0.2) is 9.78 Å². The molecule has 0 atom stereocenters. The maximum atomic E-state index is 12.8. The first-order chi connectivity index (χ1) is 11.5. The van der Waals surface area contributed by atoms with E-state index in [2.05, 4.69) is 11.6 Å². The SMILES string of the molecule is C=CCn1c(=N)c(C(=O)OC)cc2c(=O)n3cc(C)ccc3nc21. The van der Waals surface area contributed by atoms with Crippen LogP contribution in [0, 0.1) is 12.3 Å². The number of fused-ring (bicyclic) bond motifs is 2. The second-order valence-electron chi connectivity index (χ2n) is 5.39. The van der Waals surface area contributed by atoms with Gasteiger partial charge in [0.2, 0.25) is 0 Å². The van der Waals surface area contributed by atoms with Gasteiger partial charge in [0.05, 0.1) is 12.5 Å². The molecular formula is C17H16N4O3. The predicted octanol–water partition coefficient (Wildman–Crippen LogP) is 1.41. The van der Waals surface area contributed by atoms with Gasteiger partial charge < -0.3 is 9.30 Å². The highest BCUT2D eigenvalue weighted by Crippen LogP contribution is 2.11. The van der Waals surface area contributed by atoms with Crippen molar-refractivity contribution in [3.8, 4) is 0 Å². The van der Waals surface area contributed by atoms with Crippen molar-refractivity contribution in [1.82, 2.24) is 14.0 Å². The summed E-state index contributed by atoms with van der Waals surface area (Å²) in [4.78, 5) is 29.3. The number of nitrogens with zero attached hydrogens (tertiary/aromatic N) is 3. The van der Waals surface area contributed by atoms with Crippen molar-refractivity contribution in [2.75, 3.05) is 7.11 Å². The first kappa shape index (κ1) is 15.7. The molecule has 0 saturated heterocycles. The molecule has 0 amide bonds. The number of esters is 1. The second kappa shape index (κ2) is 5.77. The zero-order valence-electron chi connectivity index (χ0n) is 13.4. The summed E-state index contributed by atoms with van der Waals surface area (Å²) < 4.78 is 7.62. The van der Waals surface area contributed by atoms with Crippen molar-refractivity contribution in [2.24, 2.45) is 0 Å². The number of rotatable bonds is 3. The Morgan fingerprint density at radius 2 is 2.21 bits per heavy atom. The highest BCUT2D eigenvalue weighted by Gasteiger charge is 2.17. The molecule has 0 saturated carbocycles. The molecule has 0 radical (unpaired) electrons. The van der Waals surface area contributed by atoms with Gasteiger partial charge in [0, 0.05) is 12.7 Å². The lowest BCUT2D eigenvalue weighted by atomic mass is 10.2. The van der Waals surface area contributed by atoms with Crippen LogP contribution in [0.15, 0.2) is 41.8 Å². The number of aryl methyl sites for hydroxylation is 1. The van der Waals surface area contributed by atoms with Crippen molar-refractivity contribution in [1.29, 1.82) is 5.41 Å². The Hall–Kier alpha value is -3.22. The van der Waals surface area contributed by atoms with E-state index in [4.69, 9.17) is 10.1 Å². The molecule has 3 rings (SSSR count). The van der Waals surface area contributed by atoms with Crippen LogP contribution in [0.1, 0.15) is 15.9 Å². The Morgan fingerprint density at radius 1 is 1.46 bits per heavy atom. The van der Waals surface area contributed by atoms with Crippen molar-refractivity contribution in [3.05, 3.63) is 64.0 Å². The van der Waals surface area contributed by atoms with E-state index >= 15 is 0 Å². The molecule has 7 nitrogen and oxygen atoms in total. The number of aromatic nitrogens is 3. The third-order valence-corrected chi connectivity index (χ3v) is 3.77. The second-order valence-corrected chi connectivity index (χ2v) is 5.39. The summed E-state index contributed by atoms with van der Waals surface area (Å²) in [5.41, 5.74) is 1.36. The quantitative estimate of drug-likeness (QED) is 0.448. The summed E-state index contributed by atoms with van der Waals surface area (Å²) >= 11 is 0. The Labute approximate surface area is 137 Å². The summed E-state index contributed by atoms with van der Waals surface area (Å²) in [6.45, 7) is 5.78. The zero-order chi connectivity index (χ0) is 17.4. The Balaban J connectivity index is 2.55. The Kier molecular flexibility index (Phi) is 3.76. The number of pyridine rings is 2. The van der Waals surface area contributed by atoms with Crippen molar-refractivity contribution in [3.63, 3.8) is 0 Å². The minimum absolute atomic E-state index is 0.0124. The molecule has 0 spiro atoms. The molecule has 0 aliphatic carbocycles. The molecule has 0 bridgehead atoms. The minimum atomic E-state index is -0.673. The average Bonchev–Trinajstić information content (AvgIpc) is 2.57. The van der Waals surface area contributed by atoms with E-state index in [-0.39, 0.29) is 28.5 Å². The van der Waals surface area contributed by atoms with Crippen LogP contribution in [0.25, 0.3) is 16.7 Å². The fourth-order valence-electron chi connectivity index (χ4n) is 2.62. The van der Waals surface area contributed by atoms with Crippen LogP contribution in [0.5, 0.6) is 0 Å². The van der Waals surface area contributed by atoms with Crippen LogP contribution in [0.4, 0.5) is 0 Å². The monoisotopic (exact) mass is 324 g/mol. The summed E-state index contributed by atoms with van der Waals surface area (Å²) in [6, 6.07) is 4.97. The molecule has 122 valence electrons. The standard InChI is InChI=1S/C17H16N4O3/c1-4-7-20-14(18)11(17(23)24-3)8-12-15(20)19-13-6-5-10(2)9-21(13)16(12)22/h4-6,8-9,18H,1,7H2,2-3H3. The van der Waals surface area contributed by atoms with Gasteiger partial charge in [-0.15, -0.1) is 6.58 Å². The third-order valence-electron chi connectivity index (χ3n) is 3.77. The molecule has 0 fully saturated rings. The van der Waals surface area contributed by atoms with Crippen LogP contribution in [-0.2, 0) is 11.3 Å². The molecule has 7 heteroatoms. The topological polar surface area (TPSA) is 89.5 Å². The van der Waals surface area contributed by atoms with Gasteiger partial charge in [0.15, 0.2) is 0 Å². The van der Waals surface area contributed by atoms with Gasteiger partial charge in [0.25, 0.3) is 5.56 Å². The molecule has 0 aromatic carbocycles. The van der Waals surface area contributed by atoms with Gasteiger partial charge in [-0.1, -0.05) is 12.1 Å². The average molecular weight is 324 g/mol. The van der Waals surface area contributed by atoms with E-state index in [1.165, 1.54) is 22.1 Å². The van der Waals surface area contributed by atoms with Gasteiger partial charge in [-0.2, -0.15) is 0 Å². The minimum Gasteiger partial charge on any atom is -0.465 e. The summed E-state index contributed by atoms with van der Waals surface area (Å²) in [5.74, 6) is -0.673. The molecule has 0 unspecified atom stereocenters. The Bertz CT molecular complexity index is 1110. The number of hydrogen-bond acceptors (Lipinski definition) is 5. The first-order valence-corrected chi connectivity index (χ1v) is 7.28. The number of methoxy groups -OCH3 is 1. The highest BCUT2D eigenvalue weighted by molar-refractivity contribution is 5.93. The van der Waals surface area contributed by atoms with Crippen molar-refractivity contribution < 1.29 is 9.53 Å². The zero-order valence-corrected chi connectivity index (χ0v) is 13.4. The lowest BCUT2D eigenvalue weighted by molar-refractivity contribution is 0.0597. The number of hydrogen-bond donors (Lipinski definition) is 1. The largest absolute Gasteiger partial charge is 0.465 e. The number of allylic oxidation sites excluding steroid dienone is 1.